The summed E-state index contributed by atoms with van der Waals surface area (Å²) in [5.41, 5.74) is 0.596. The minimum absolute atomic E-state index is 0.376. The first-order valence-corrected chi connectivity index (χ1v) is 7.18. The van der Waals surface area contributed by atoms with Crippen LogP contribution in [0.4, 0.5) is 5.82 Å². The topological polar surface area (TPSA) is 47.0 Å². The highest BCUT2D eigenvalue weighted by Gasteiger charge is 2.25. The molecule has 19 heavy (non-hydrogen) atoms. The number of hydrogen-bond acceptors (Lipinski definition) is 4. The van der Waals surface area contributed by atoms with Crippen LogP contribution in [0.2, 0.25) is 0 Å². The lowest BCUT2D eigenvalue weighted by Gasteiger charge is -2.24. The molecule has 1 heterocycles. The summed E-state index contributed by atoms with van der Waals surface area (Å²) in [7, 11) is 0. The minimum Gasteiger partial charge on any atom is -0.370 e. The SMILES string of the molecule is CCCNc1cc(C(C)C)nc(C(C)(C)OCC)n1. The molecule has 0 aromatic carbocycles. The lowest BCUT2D eigenvalue weighted by atomic mass is 10.1. The Morgan fingerprint density at radius 3 is 2.47 bits per heavy atom. The zero-order chi connectivity index (χ0) is 14.5. The first kappa shape index (κ1) is 15.9. The summed E-state index contributed by atoms with van der Waals surface area (Å²) in [6, 6.07) is 2.03. The fourth-order valence-electron chi connectivity index (χ4n) is 1.80. The van der Waals surface area contributed by atoms with Crippen molar-refractivity contribution >= 4 is 5.82 Å². The molecule has 4 nitrogen and oxygen atoms in total. The Bertz CT molecular complexity index is 402. The standard InChI is InChI=1S/C15H27N3O/c1-7-9-16-13-10-12(11(3)4)17-14(18-13)15(5,6)19-8-2/h10-11H,7-9H2,1-6H3,(H,16,17,18). The smallest absolute Gasteiger partial charge is 0.162 e. The van der Waals surface area contributed by atoms with Crippen LogP contribution < -0.4 is 5.32 Å². The third kappa shape index (κ3) is 4.46. The van der Waals surface area contributed by atoms with Crippen LogP contribution in [0.5, 0.6) is 0 Å². The van der Waals surface area contributed by atoms with Gasteiger partial charge in [0.05, 0.1) is 0 Å². The van der Waals surface area contributed by atoms with Crippen LogP contribution in [0.15, 0.2) is 6.07 Å². The summed E-state index contributed by atoms with van der Waals surface area (Å²) in [6.45, 7) is 14.0. The van der Waals surface area contributed by atoms with Gasteiger partial charge in [-0.25, -0.2) is 9.97 Å². The molecule has 108 valence electrons. The maximum absolute atomic E-state index is 5.76. The second-order valence-electron chi connectivity index (χ2n) is 5.53. The van der Waals surface area contributed by atoms with Gasteiger partial charge < -0.3 is 10.1 Å². The zero-order valence-corrected chi connectivity index (χ0v) is 13.1. The van der Waals surface area contributed by atoms with E-state index in [4.69, 9.17) is 4.74 Å². The molecule has 1 aromatic rings. The number of anilines is 1. The van der Waals surface area contributed by atoms with E-state index >= 15 is 0 Å². The van der Waals surface area contributed by atoms with Crippen molar-refractivity contribution in [3.05, 3.63) is 17.6 Å². The molecular formula is C15H27N3O. The Morgan fingerprint density at radius 2 is 1.95 bits per heavy atom. The second kappa shape index (κ2) is 6.85. The fraction of sp³-hybridized carbons (Fsp3) is 0.733. The van der Waals surface area contributed by atoms with E-state index in [1.807, 2.05) is 26.8 Å². The van der Waals surface area contributed by atoms with Crippen molar-refractivity contribution in [3.8, 4) is 0 Å². The number of ether oxygens (including phenoxy) is 1. The molecule has 0 saturated carbocycles. The van der Waals surface area contributed by atoms with Crippen LogP contribution in [0.3, 0.4) is 0 Å². The van der Waals surface area contributed by atoms with Gasteiger partial charge in [-0.05, 0) is 33.1 Å². The minimum atomic E-state index is -0.456. The molecule has 4 heteroatoms. The maximum atomic E-state index is 5.76. The van der Waals surface area contributed by atoms with Crippen LogP contribution in [-0.2, 0) is 10.3 Å². The summed E-state index contributed by atoms with van der Waals surface area (Å²) in [4.78, 5) is 9.25. The van der Waals surface area contributed by atoms with E-state index in [-0.39, 0.29) is 0 Å². The molecule has 0 bridgehead atoms. The van der Waals surface area contributed by atoms with Crippen molar-refractivity contribution in [2.45, 2.75) is 59.5 Å². The van der Waals surface area contributed by atoms with Crippen molar-refractivity contribution in [1.82, 2.24) is 9.97 Å². The Hall–Kier alpha value is -1.16. The van der Waals surface area contributed by atoms with Gasteiger partial charge in [-0.2, -0.15) is 0 Å². The molecule has 0 fully saturated rings. The first-order valence-electron chi connectivity index (χ1n) is 7.18. The van der Waals surface area contributed by atoms with E-state index in [0.717, 1.165) is 30.3 Å². The van der Waals surface area contributed by atoms with Crippen molar-refractivity contribution in [3.63, 3.8) is 0 Å². The summed E-state index contributed by atoms with van der Waals surface area (Å²) in [5.74, 6) is 2.02. The van der Waals surface area contributed by atoms with Gasteiger partial charge in [-0.3, -0.25) is 0 Å². The molecule has 0 aliphatic rings. The third-order valence-corrected chi connectivity index (χ3v) is 2.94. The Kier molecular flexibility index (Phi) is 5.73. The quantitative estimate of drug-likeness (QED) is 0.816. The van der Waals surface area contributed by atoms with Gasteiger partial charge in [0, 0.05) is 24.9 Å². The van der Waals surface area contributed by atoms with Gasteiger partial charge in [0.1, 0.15) is 11.4 Å². The van der Waals surface area contributed by atoms with Crippen LogP contribution >= 0.6 is 0 Å². The lowest BCUT2D eigenvalue weighted by molar-refractivity contribution is -0.0208. The monoisotopic (exact) mass is 265 g/mol. The van der Waals surface area contributed by atoms with Gasteiger partial charge in [-0.1, -0.05) is 20.8 Å². The highest BCUT2D eigenvalue weighted by atomic mass is 16.5. The number of nitrogens with one attached hydrogen (secondary N) is 1. The normalized spacial score (nSPS) is 11.9. The van der Waals surface area contributed by atoms with Crippen molar-refractivity contribution in [1.29, 1.82) is 0 Å². The van der Waals surface area contributed by atoms with Gasteiger partial charge >= 0.3 is 0 Å². The van der Waals surface area contributed by atoms with E-state index in [9.17, 15) is 0 Å². The summed E-state index contributed by atoms with van der Waals surface area (Å²) in [6.07, 6.45) is 1.07. The van der Waals surface area contributed by atoms with Crippen LogP contribution in [0.1, 0.15) is 65.4 Å². The predicted molar refractivity (Wildman–Crippen MR) is 79.6 cm³/mol. The molecule has 1 N–H and O–H groups in total. The van der Waals surface area contributed by atoms with E-state index in [1.54, 1.807) is 0 Å². The summed E-state index contributed by atoms with van der Waals surface area (Å²) >= 11 is 0. The molecule has 1 aromatic heterocycles. The number of rotatable bonds is 7. The molecule has 0 unspecified atom stereocenters. The molecule has 0 aliphatic heterocycles. The maximum Gasteiger partial charge on any atom is 0.162 e. The van der Waals surface area contributed by atoms with E-state index in [0.29, 0.717) is 12.5 Å². The van der Waals surface area contributed by atoms with Gasteiger partial charge in [0.25, 0.3) is 0 Å². The summed E-state index contributed by atoms with van der Waals surface area (Å²) in [5, 5.41) is 3.34. The van der Waals surface area contributed by atoms with Crippen molar-refractivity contribution in [2.75, 3.05) is 18.5 Å². The molecule has 0 aliphatic carbocycles. The van der Waals surface area contributed by atoms with Gasteiger partial charge in [0.15, 0.2) is 5.82 Å². The Balaban J connectivity index is 3.12. The highest BCUT2D eigenvalue weighted by molar-refractivity contribution is 5.37. The average molecular weight is 265 g/mol. The molecule has 0 saturated heterocycles. The Labute approximate surface area is 117 Å². The molecule has 0 spiro atoms. The second-order valence-corrected chi connectivity index (χ2v) is 5.53. The fourth-order valence-corrected chi connectivity index (χ4v) is 1.80. The zero-order valence-electron chi connectivity index (χ0n) is 13.1. The summed E-state index contributed by atoms with van der Waals surface area (Å²) < 4.78 is 5.76. The number of hydrogen-bond donors (Lipinski definition) is 1. The van der Waals surface area contributed by atoms with Crippen LogP contribution in [-0.4, -0.2) is 23.1 Å². The van der Waals surface area contributed by atoms with Crippen LogP contribution in [0.25, 0.3) is 0 Å². The van der Waals surface area contributed by atoms with Crippen LogP contribution in [0, 0.1) is 0 Å². The van der Waals surface area contributed by atoms with E-state index in [2.05, 4.69) is 36.1 Å². The van der Waals surface area contributed by atoms with E-state index in [1.165, 1.54) is 0 Å². The molecule has 1 rings (SSSR count). The number of aromatic nitrogens is 2. The molecular weight excluding hydrogens is 238 g/mol. The molecule has 0 atom stereocenters. The largest absolute Gasteiger partial charge is 0.370 e. The van der Waals surface area contributed by atoms with Crippen molar-refractivity contribution < 1.29 is 4.74 Å². The lowest BCUT2D eigenvalue weighted by Crippen LogP contribution is -2.26. The first-order chi connectivity index (χ1) is 8.90. The molecule has 0 amide bonds. The van der Waals surface area contributed by atoms with Gasteiger partial charge in [0.2, 0.25) is 0 Å². The number of nitrogens with zero attached hydrogens (tertiary/aromatic N) is 2. The molecule has 0 radical (unpaired) electrons. The van der Waals surface area contributed by atoms with Gasteiger partial charge in [-0.15, -0.1) is 0 Å². The third-order valence-electron chi connectivity index (χ3n) is 2.94. The Morgan fingerprint density at radius 1 is 1.26 bits per heavy atom. The highest BCUT2D eigenvalue weighted by Crippen LogP contribution is 2.25. The predicted octanol–water partition coefficient (Wildman–Crippen LogP) is 3.69. The average Bonchev–Trinajstić information content (AvgIpc) is 2.35. The van der Waals surface area contributed by atoms with Crippen molar-refractivity contribution in [2.24, 2.45) is 0 Å². The van der Waals surface area contributed by atoms with E-state index < -0.39 is 5.60 Å².